The summed E-state index contributed by atoms with van der Waals surface area (Å²) in [6.45, 7) is 2.44. The lowest BCUT2D eigenvalue weighted by Crippen LogP contribution is -2.47. The standard InChI is InChI=1S/C15H21NO5/c1-10-15(18,6-7-21-10)9-16-14(17)12-5-4-11(19-2)8-13(12)20-3/h4-5,8,10,18H,6-7,9H2,1-3H3,(H,16,17). The van der Waals surface area contributed by atoms with Crippen molar-refractivity contribution in [3.8, 4) is 11.5 Å². The van der Waals surface area contributed by atoms with E-state index in [1.54, 1.807) is 32.2 Å². The largest absolute Gasteiger partial charge is 0.497 e. The predicted molar refractivity (Wildman–Crippen MR) is 76.9 cm³/mol. The van der Waals surface area contributed by atoms with E-state index < -0.39 is 5.60 Å². The quantitative estimate of drug-likeness (QED) is 0.846. The molecule has 1 aromatic carbocycles. The van der Waals surface area contributed by atoms with Gasteiger partial charge in [-0.05, 0) is 19.1 Å². The van der Waals surface area contributed by atoms with E-state index in [0.717, 1.165) is 0 Å². The molecule has 0 bridgehead atoms. The van der Waals surface area contributed by atoms with Gasteiger partial charge in [0.05, 0.1) is 25.9 Å². The van der Waals surface area contributed by atoms with Crippen molar-refractivity contribution in [2.24, 2.45) is 0 Å². The highest BCUT2D eigenvalue weighted by molar-refractivity contribution is 5.97. The summed E-state index contributed by atoms with van der Waals surface area (Å²) in [6.07, 6.45) is 0.212. The second-order valence-electron chi connectivity index (χ2n) is 5.12. The summed E-state index contributed by atoms with van der Waals surface area (Å²) in [7, 11) is 3.04. The smallest absolute Gasteiger partial charge is 0.255 e. The lowest BCUT2D eigenvalue weighted by Gasteiger charge is -2.26. The minimum absolute atomic E-state index is 0.141. The third-order valence-electron chi connectivity index (χ3n) is 3.87. The van der Waals surface area contributed by atoms with E-state index in [9.17, 15) is 9.90 Å². The van der Waals surface area contributed by atoms with Gasteiger partial charge in [0.15, 0.2) is 0 Å². The van der Waals surface area contributed by atoms with Crippen LogP contribution in [-0.4, -0.2) is 50.1 Å². The van der Waals surface area contributed by atoms with E-state index in [-0.39, 0.29) is 18.6 Å². The SMILES string of the molecule is COc1ccc(C(=O)NCC2(O)CCOC2C)c(OC)c1. The summed E-state index contributed by atoms with van der Waals surface area (Å²) < 4.78 is 15.6. The highest BCUT2D eigenvalue weighted by atomic mass is 16.5. The summed E-state index contributed by atoms with van der Waals surface area (Å²) in [6, 6.07) is 4.96. The van der Waals surface area contributed by atoms with Crippen LogP contribution in [0.2, 0.25) is 0 Å². The second-order valence-corrected chi connectivity index (χ2v) is 5.12. The Balaban J connectivity index is 2.07. The Labute approximate surface area is 124 Å². The fourth-order valence-electron chi connectivity index (χ4n) is 2.32. The number of benzene rings is 1. The molecule has 2 unspecified atom stereocenters. The van der Waals surface area contributed by atoms with Gasteiger partial charge in [0.1, 0.15) is 17.1 Å². The van der Waals surface area contributed by atoms with Crippen molar-refractivity contribution in [2.75, 3.05) is 27.4 Å². The summed E-state index contributed by atoms with van der Waals surface area (Å²) in [5.74, 6) is 0.733. The maximum absolute atomic E-state index is 12.2. The van der Waals surface area contributed by atoms with Crippen LogP contribution in [0.3, 0.4) is 0 Å². The fraction of sp³-hybridized carbons (Fsp3) is 0.533. The number of rotatable bonds is 5. The normalized spacial score (nSPS) is 24.7. The van der Waals surface area contributed by atoms with E-state index in [1.807, 2.05) is 0 Å². The number of nitrogens with one attached hydrogen (secondary N) is 1. The van der Waals surface area contributed by atoms with Gasteiger partial charge in [-0.1, -0.05) is 0 Å². The zero-order chi connectivity index (χ0) is 15.5. The van der Waals surface area contributed by atoms with E-state index in [1.165, 1.54) is 7.11 Å². The van der Waals surface area contributed by atoms with E-state index >= 15 is 0 Å². The summed E-state index contributed by atoms with van der Waals surface area (Å²) >= 11 is 0. The first-order valence-corrected chi connectivity index (χ1v) is 6.84. The molecule has 1 heterocycles. The van der Waals surface area contributed by atoms with Gasteiger partial charge in [-0.2, -0.15) is 0 Å². The molecule has 1 amide bonds. The lowest BCUT2D eigenvalue weighted by molar-refractivity contribution is -0.0251. The van der Waals surface area contributed by atoms with Crippen LogP contribution in [0.1, 0.15) is 23.7 Å². The molecule has 2 rings (SSSR count). The molecule has 1 aromatic rings. The molecule has 6 heteroatoms. The zero-order valence-corrected chi connectivity index (χ0v) is 12.5. The van der Waals surface area contributed by atoms with Crippen LogP contribution in [-0.2, 0) is 4.74 Å². The minimum Gasteiger partial charge on any atom is -0.497 e. The van der Waals surface area contributed by atoms with Crippen LogP contribution in [0.15, 0.2) is 18.2 Å². The molecule has 116 valence electrons. The van der Waals surface area contributed by atoms with Crippen LogP contribution in [0.4, 0.5) is 0 Å². The van der Waals surface area contributed by atoms with Crippen molar-refractivity contribution in [1.29, 1.82) is 0 Å². The third kappa shape index (κ3) is 3.28. The molecule has 6 nitrogen and oxygen atoms in total. The van der Waals surface area contributed by atoms with Gasteiger partial charge in [0.2, 0.25) is 0 Å². The van der Waals surface area contributed by atoms with Crippen molar-refractivity contribution < 1.29 is 24.1 Å². The van der Waals surface area contributed by atoms with Crippen LogP contribution in [0.25, 0.3) is 0 Å². The first kappa shape index (κ1) is 15.6. The van der Waals surface area contributed by atoms with Crippen molar-refractivity contribution in [2.45, 2.75) is 25.0 Å². The van der Waals surface area contributed by atoms with E-state index in [4.69, 9.17) is 14.2 Å². The molecule has 0 aromatic heterocycles. The van der Waals surface area contributed by atoms with E-state index in [2.05, 4.69) is 5.32 Å². The van der Waals surface area contributed by atoms with Gasteiger partial charge in [0.25, 0.3) is 5.91 Å². The molecular weight excluding hydrogens is 274 g/mol. The van der Waals surface area contributed by atoms with Crippen molar-refractivity contribution >= 4 is 5.91 Å². The highest BCUT2D eigenvalue weighted by Crippen LogP contribution is 2.26. The third-order valence-corrected chi connectivity index (χ3v) is 3.87. The summed E-state index contributed by atoms with van der Waals surface area (Å²) in [5.41, 5.74) is -0.622. The van der Waals surface area contributed by atoms with Crippen molar-refractivity contribution in [3.63, 3.8) is 0 Å². The van der Waals surface area contributed by atoms with E-state index in [0.29, 0.717) is 30.1 Å². The van der Waals surface area contributed by atoms with Crippen molar-refractivity contribution in [1.82, 2.24) is 5.32 Å². The number of methoxy groups -OCH3 is 2. The monoisotopic (exact) mass is 295 g/mol. The van der Waals surface area contributed by atoms with Crippen LogP contribution >= 0.6 is 0 Å². The van der Waals surface area contributed by atoms with Gasteiger partial charge < -0.3 is 24.6 Å². The Morgan fingerprint density at radius 3 is 2.81 bits per heavy atom. The first-order valence-electron chi connectivity index (χ1n) is 6.84. The highest BCUT2D eigenvalue weighted by Gasteiger charge is 2.39. The first-order chi connectivity index (χ1) is 10.00. The van der Waals surface area contributed by atoms with Crippen LogP contribution in [0.5, 0.6) is 11.5 Å². The Morgan fingerprint density at radius 2 is 2.24 bits per heavy atom. The number of aliphatic hydroxyl groups is 1. The van der Waals surface area contributed by atoms with Crippen molar-refractivity contribution in [3.05, 3.63) is 23.8 Å². The molecule has 1 aliphatic heterocycles. The summed E-state index contributed by atoms with van der Waals surface area (Å²) in [5, 5.41) is 13.1. The summed E-state index contributed by atoms with van der Waals surface area (Å²) in [4.78, 5) is 12.2. The molecule has 1 fully saturated rings. The Bertz CT molecular complexity index is 519. The minimum atomic E-state index is -1.02. The van der Waals surface area contributed by atoms with Crippen LogP contribution < -0.4 is 14.8 Å². The van der Waals surface area contributed by atoms with Gasteiger partial charge in [0, 0.05) is 25.6 Å². The molecule has 0 radical (unpaired) electrons. The molecule has 0 spiro atoms. The maximum Gasteiger partial charge on any atom is 0.255 e. The molecular formula is C15H21NO5. The fourth-order valence-corrected chi connectivity index (χ4v) is 2.32. The number of carbonyl (C=O) groups is 1. The molecule has 21 heavy (non-hydrogen) atoms. The van der Waals surface area contributed by atoms with Gasteiger partial charge in [-0.15, -0.1) is 0 Å². The second kappa shape index (κ2) is 6.32. The zero-order valence-electron chi connectivity index (χ0n) is 12.5. The average Bonchev–Trinajstić information content (AvgIpc) is 2.84. The number of carbonyl (C=O) groups excluding carboxylic acids is 1. The number of ether oxygens (including phenoxy) is 3. The van der Waals surface area contributed by atoms with Gasteiger partial charge in [-0.25, -0.2) is 0 Å². The predicted octanol–water partition coefficient (Wildman–Crippen LogP) is 0.973. The Hall–Kier alpha value is -1.79. The maximum atomic E-state index is 12.2. The lowest BCUT2D eigenvalue weighted by atomic mass is 9.96. The van der Waals surface area contributed by atoms with Crippen LogP contribution in [0, 0.1) is 0 Å². The molecule has 1 saturated heterocycles. The Kier molecular flexibility index (Phi) is 4.69. The molecule has 0 aliphatic carbocycles. The molecule has 2 atom stereocenters. The van der Waals surface area contributed by atoms with Gasteiger partial charge in [-0.3, -0.25) is 4.79 Å². The Morgan fingerprint density at radius 1 is 1.48 bits per heavy atom. The number of hydrogen-bond donors (Lipinski definition) is 2. The molecule has 1 aliphatic rings. The average molecular weight is 295 g/mol. The molecule has 0 saturated carbocycles. The van der Waals surface area contributed by atoms with Gasteiger partial charge >= 0.3 is 0 Å². The number of amides is 1. The molecule has 2 N–H and O–H groups in total. The topological polar surface area (TPSA) is 77.0 Å². The number of hydrogen-bond acceptors (Lipinski definition) is 5.